The molecule has 1 saturated heterocycles. The Morgan fingerprint density at radius 3 is 2.34 bits per heavy atom. The third kappa shape index (κ3) is 10.5. The van der Waals surface area contributed by atoms with E-state index >= 15 is 0 Å². The van der Waals surface area contributed by atoms with Crippen LogP contribution in [-0.2, 0) is 23.9 Å². The number of carboxylic acids is 1. The fourth-order valence-electron chi connectivity index (χ4n) is 3.13. The third-order valence-corrected chi connectivity index (χ3v) is 4.59. The Hall–Kier alpha value is -2.85. The van der Waals surface area contributed by atoms with Crippen molar-refractivity contribution in [2.75, 3.05) is 6.54 Å². The van der Waals surface area contributed by atoms with Gasteiger partial charge in [0.15, 0.2) is 0 Å². The number of carboxylic acid groups (broad SMARTS) is 1. The van der Waals surface area contributed by atoms with E-state index in [1.807, 2.05) is 13.8 Å². The summed E-state index contributed by atoms with van der Waals surface area (Å²) in [4.78, 5) is 61.5. The summed E-state index contributed by atoms with van der Waals surface area (Å²) in [5.41, 5.74) is -0.752. The van der Waals surface area contributed by atoms with Crippen LogP contribution in [0.4, 0.5) is 4.79 Å². The molecule has 0 spiro atoms. The second-order valence-corrected chi connectivity index (χ2v) is 9.34. The van der Waals surface area contributed by atoms with Gasteiger partial charge in [-0.1, -0.05) is 13.8 Å². The highest BCUT2D eigenvalue weighted by Gasteiger charge is 2.31. The molecule has 3 atom stereocenters. The van der Waals surface area contributed by atoms with Gasteiger partial charge in [0.2, 0.25) is 17.7 Å². The van der Waals surface area contributed by atoms with Crippen LogP contribution in [0.1, 0.15) is 66.7 Å². The lowest BCUT2D eigenvalue weighted by Gasteiger charge is -2.27. The van der Waals surface area contributed by atoms with E-state index < -0.39 is 59.9 Å². The quantitative estimate of drug-likeness (QED) is 0.415. The molecule has 11 nitrogen and oxygen atoms in total. The molecule has 11 heteroatoms. The molecule has 0 aliphatic carbocycles. The van der Waals surface area contributed by atoms with Crippen molar-refractivity contribution in [3.05, 3.63) is 0 Å². The van der Waals surface area contributed by atoms with Gasteiger partial charge in [-0.2, -0.15) is 0 Å². The molecule has 4 amide bonds. The molecule has 1 fully saturated rings. The van der Waals surface area contributed by atoms with Crippen LogP contribution < -0.4 is 21.3 Å². The Kier molecular flexibility index (Phi) is 10.4. The number of nitrogens with one attached hydrogen (secondary N) is 4. The molecule has 0 unspecified atom stereocenters. The second kappa shape index (κ2) is 12.3. The highest BCUT2D eigenvalue weighted by atomic mass is 16.6. The zero-order chi connectivity index (χ0) is 24.5. The maximum absolute atomic E-state index is 12.9. The van der Waals surface area contributed by atoms with E-state index in [4.69, 9.17) is 4.74 Å². The summed E-state index contributed by atoms with van der Waals surface area (Å²) < 4.78 is 5.23. The van der Waals surface area contributed by atoms with E-state index in [1.165, 1.54) is 0 Å². The Morgan fingerprint density at radius 2 is 1.78 bits per heavy atom. The first-order chi connectivity index (χ1) is 14.8. The number of rotatable bonds is 4. The zero-order valence-electron chi connectivity index (χ0n) is 19.4. The molecule has 0 aromatic carbocycles. The zero-order valence-corrected chi connectivity index (χ0v) is 19.4. The summed E-state index contributed by atoms with van der Waals surface area (Å²) in [5.74, 6) is -3.11. The predicted octanol–water partition coefficient (Wildman–Crippen LogP) is 0.670. The fourth-order valence-corrected chi connectivity index (χ4v) is 3.13. The van der Waals surface area contributed by atoms with E-state index in [2.05, 4.69) is 21.3 Å². The second-order valence-electron chi connectivity index (χ2n) is 9.34. The number of hydrogen-bond acceptors (Lipinski definition) is 6. The molecule has 0 radical (unpaired) electrons. The molecule has 0 saturated carbocycles. The summed E-state index contributed by atoms with van der Waals surface area (Å²) in [6.45, 7) is 9.07. The van der Waals surface area contributed by atoms with Gasteiger partial charge >= 0.3 is 12.1 Å². The molecule has 0 bridgehead atoms. The Balaban J connectivity index is 3.09. The highest BCUT2D eigenvalue weighted by molar-refractivity contribution is 5.94. The van der Waals surface area contributed by atoms with Crippen LogP contribution in [0.15, 0.2) is 0 Å². The van der Waals surface area contributed by atoms with Gasteiger partial charge in [-0.25, -0.2) is 9.59 Å². The first-order valence-corrected chi connectivity index (χ1v) is 10.9. The summed E-state index contributed by atoms with van der Waals surface area (Å²) in [6, 6.07) is -3.41. The largest absolute Gasteiger partial charge is 0.480 e. The lowest BCUT2D eigenvalue weighted by molar-refractivity contribution is -0.144. The summed E-state index contributed by atoms with van der Waals surface area (Å²) in [6.07, 6.45) is 0.363. The summed E-state index contributed by atoms with van der Waals surface area (Å²) >= 11 is 0. The van der Waals surface area contributed by atoms with Crippen LogP contribution in [0, 0.1) is 5.92 Å². The van der Waals surface area contributed by atoms with Gasteiger partial charge in [-0.05, 0) is 52.4 Å². The molecule has 0 aromatic heterocycles. The third-order valence-electron chi connectivity index (χ3n) is 4.59. The van der Waals surface area contributed by atoms with E-state index in [9.17, 15) is 29.1 Å². The fraction of sp³-hybridized carbons (Fsp3) is 0.762. The van der Waals surface area contributed by atoms with Crippen LogP contribution in [0.25, 0.3) is 0 Å². The van der Waals surface area contributed by atoms with Crippen LogP contribution in [-0.4, -0.2) is 65.2 Å². The average molecular weight is 457 g/mol. The molecule has 32 heavy (non-hydrogen) atoms. The van der Waals surface area contributed by atoms with Gasteiger partial charge in [0.25, 0.3) is 0 Å². The van der Waals surface area contributed by atoms with E-state index in [1.54, 1.807) is 20.8 Å². The summed E-state index contributed by atoms with van der Waals surface area (Å²) in [7, 11) is 0. The van der Waals surface area contributed by atoms with Crippen molar-refractivity contribution in [1.29, 1.82) is 0 Å². The SMILES string of the molecule is CC(C)C[C@@H]1NC(=O)[C@@H](NC(=O)OC(C)(C)C)CCCCNC(=O)C[C@@H](C(=O)O)NC1=O. The number of alkyl carbamates (subject to hydrolysis) is 1. The van der Waals surface area contributed by atoms with Crippen LogP contribution in [0.2, 0.25) is 0 Å². The Bertz CT molecular complexity index is 703. The molecule has 182 valence electrons. The first-order valence-electron chi connectivity index (χ1n) is 10.9. The van der Waals surface area contributed by atoms with Crippen LogP contribution in [0.5, 0.6) is 0 Å². The predicted molar refractivity (Wildman–Crippen MR) is 116 cm³/mol. The molecule has 1 aliphatic rings. The van der Waals surface area contributed by atoms with Crippen molar-refractivity contribution in [2.24, 2.45) is 5.92 Å². The van der Waals surface area contributed by atoms with Crippen molar-refractivity contribution in [3.8, 4) is 0 Å². The average Bonchev–Trinajstić information content (AvgIpc) is 2.62. The summed E-state index contributed by atoms with van der Waals surface area (Å²) in [5, 5.41) is 19.5. The van der Waals surface area contributed by atoms with E-state index in [0.29, 0.717) is 12.8 Å². The van der Waals surface area contributed by atoms with Gasteiger partial charge < -0.3 is 31.1 Å². The number of ether oxygens (including phenoxy) is 1. The Morgan fingerprint density at radius 1 is 1.12 bits per heavy atom. The van der Waals surface area contributed by atoms with Gasteiger partial charge in [0.05, 0.1) is 6.42 Å². The molecule has 5 N–H and O–H groups in total. The minimum absolute atomic E-state index is 0.00813. The van der Waals surface area contributed by atoms with E-state index in [-0.39, 0.29) is 25.3 Å². The monoisotopic (exact) mass is 456 g/mol. The molecule has 1 heterocycles. The van der Waals surface area contributed by atoms with Crippen molar-refractivity contribution in [2.45, 2.75) is 90.4 Å². The van der Waals surface area contributed by atoms with Crippen molar-refractivity contribution in [1.82, 2.24) is 21.3 Å². The normalized spacial score (nSPS) is 23.9. The van der Waals surface area contributed by atoms with Gasteiger partial charge in [0, 0.05) is 6.54 Å². The number of amides is 4. The molecule has 1 rings (SSSR count). The van der Waals surface area contributed by atoms with Crippen molar-refractivity contribution >= 4 is 29.8 Å². The minimum Gasteiger partial charge on any atom is -0.480 e. The van der Waals surface area contributed by atoms with Crippen LogP contribution in [0.3, 0.4) is 0 Å². The molecular weight excluding hydrogens is 420 g/mol. The standard InChI is InChI=1S/C21H36N4O7/c1-12(2)10-14-18(28)24-15(19(29)30)11-16(26)22-9-7-6-8-13(17(27)23-14)25-20(31)32-21(3,4)5/h12-15H,6-11H2,1-5H3,(H,22,26)(H,23,27)(H,24,28)(H,25,31)(H,29,30)/t13-,14-,15-/m0/s1. The number of carbonyl (C=O) groups excluding carboxylic acids is 4. The maximum atomic E-state index is 12.9. The molecule has 0 aromatic rings. The van der Waals surface area contributed by atoms with Gasteiger partial charge in [0.1, 0.15) is 23.7 Å². The van der Waals surface area contributed by atoms with Gasteiger partial charge in [-0.3, -0.25) is 14.4 Å². The van der Waals surface area contributed by atoms with E-state index in [0.717, 1.165) is 0 Å². The van der Waals surface area contributed by atoms with Crippen molar-refractivity contribution in [3.63, 3.8) is 0 Å². The molecular formula is C21H36N4O7. The highest BCUT2D eigenvalue weighted by Crippen LogP contribution is 2.11. The first kappa shape index (κ1) is 27.2. The maximum Gasteiger partial charge on any atom is 0.408 e. The smallest absolute Gasteiger partial charge is 0.408 e. The minimum atomic E-state index is -1.42. The lowest BCUT2D eigenvalue weighted by atomic mass is 10.0. The van der Waals surface area contributed by atoms with Gasteiger partial charge in [-0.15, -0.1) is 0 Å². The Labute approximate surface area is 188 Å². The van der Waals surface area contributed by atoms with Crippen molar-refractivity contribution < 1.29 is 33.8 Å². The molecule has 1 aliphatic heterocycles. The number of carbonyl (C=O) groups is 5. The topological polar surface area (TPSA) is 163 Å². The van der Waals surface area contributed by atoms with Crippen LogP contribution >= 0.6 is 0 Å². The lowest BCUT2D eigenvalue weighted by Crippen LogP contribution is -2.57. The number of aliphatic carboxylic acids is 1. The number of hydrogen-bond donors (Lipinski definition) is 5.